The standard InChI is InChI=1S/C13H18N6O/c1-9-16-12(10-3-5-20-8-10)6-13(17-9)14-4-2-11-7-15-19-18-11/h6-7,10H,2-5,8H2,1H3,(H,14,16,17)(H,15,18,19). The lowest BCUT2D eigenvalue weighted by Crippen LogP contribution is -2.10. The molecule has 0 bridgehead atoms. The maximum absolute atomic E-state index is 5.42. The zero-order valence-corrected chi connectivity index (χ0v) is 11.5. The summed E-state index contributed by atoms with van der Waals surface area (Å²) >= 11 is 0. The Bertz CT molecular complexity index is 550. The lowest BCUT2D eigenvalue weighted by molar-refractivity contribution is 0.193. The number of nitrogens with one attached hydrogen (secondary N) is 2. The minimum atomic E-state index is 0.396. The normalized spacial score (nSPS) is 18.4. The highest BCUT2D eigenvalue weighted by molar-refractivity contribution is 5.37. The van der Waals surface area contributed by atoms with Crippen molar-refractivity contribution >= 4 is 5.82 Å². The molecule has 1 aliphatic rings. The van der Waals surface area contributed by atoms with Crippen LogP contribution in [0.3, 0.4) is 0 Å². The van der Waals surface area contributed by atoms with Crippen LogP contribution in [0.4, 0.5) is 5.82 Å². The predicted octanol–water partition coefficient (Wildman–Crippen LogP) is 1.06. The van der Waals surface area contributed by atoms with Gasteiger partial charge in [-0.1, -0.05) is 0 Å². The molecule has 1 aliphatic heterocycles. The van der Waals surface area contributed by atoms with Gasteiger partial charge < -0.3 is 10.1 Å². The van der Waals surface area contributed by atoms with Crippen molar-refractivity contribution in [2.75, 3.05) is 25.1 Å². The molecule has 0 saturated carbocycles. The summed E-state index contributed by atoms with van der Waals surface area (Å²) in [6.07, 6.45) is 3.57. The molecule has 7 nitrogen and oxygen atoms in total. The third-order valence-corrected chi connectivity index (χ3v) is 3.36. The lowest BCUT2D eigenvalue weighted by atomic mass is 10.0. The van der Waals surface area contributed by atoms with E-state index in [1.54, 1.807) is 6.20 Å². The molecule has 2 aromatic heterocycles. The average molecular weight is 274 g/mol. The van der Waals surface area contributed by atoms with Crippen molar-refractivity contribution in [2.24, 2.45) is 0 Å². The Kier molecular flexibility index (Phi) is 3.87. The van der Waals surface area contributed by atoms with Gasteiger partial charge in [0.2, 0.25) is 0 Å². The largest absolute Gasteiger partial charge is 0.381 e. The van der Waals surface area contributed by atoms with E-state index < -0.39 is 0 Å². The topological polar surface area (TPSA) is 88.6 Å². The fourth-order valence-corrected chi connectivity index (χ4v) is 2.32. The number of rotatable bonds is 5. The lowest BCUT2D eigenvalue weighted by Gasteiger charge is -2.11. The van der Waals surface area contributed by atoms with Gasteiger partial charge >= 0.3 is 0 Å². The predicted molar refractivity (Wildman–Crippen MR) is 73.5 cm³/mol. The number of anilines is 1. The SMILES string of the molecule is Cc1nc(NCCc2cn[nH]n2)cc(C2CCOC2)n1. The Hall–Kier alpha value is -2.02. The van der Waals surface area contributed by atoms with E-state index >= 15 is 0 Å². The second-order valence-corrected chi connectivity index (χ2v) is 4.92. The zero-order valence-electron chi connectivity index (χ0n) is 11.5. The first-order chi connectivity index (χ1) is 9.81. The van der Waals surface area contributed by atoms with E-state index in [1.165, 1.54) is 0 Å². The molecule has 1 atom stereocenters. The molecule has 0 radical (unpaired) electrons. The summed E-state index contributed by atoms with van der Waals surface area (Å²) in [5, 5.41) is 13.7. The van der Waals surface area contributed by atoms with Crippen molar-refractivity contribution in [3.8, 4) is 0 Å². The van der Waals surface area contributed by atoms with Crippen molar-refractivity contribution < 1.29 is 4.74 Å². The Morgan fingerprint density at radius 1 is 1.45 bits per heavy atom. The van der Waals surface area contributed by atoms with Crippen LogP contribution < -0.4 is 5.32 Å². The van der Waals surface area contributed by atoms with Gasteiger partial charge in [-0.25, -0.2) is 9.97 Å². The van der Waals surface area contributed by atoms with Crippen LogP contribution in [0, 0.1) is 6.92 Å². The van der Waals surface area contributed by atoms with Crippen LogP contribution in [-0.4, -0.2) is 45.1 Å². The van der Waals surface area contributed by atoms with E-state index in [1.807, 2.05) is 13.0 Å². The highest BCUT2D eigenvalue weighted by atomic mass is 16.5. The summed E-state index contributed by atoms with van der Waals surface area (Å²) in [4.78, 5) is 8.93. The van der Waals surface area contributed by atoms with Crippen LogP contribution in [0.1, 0.15) is 29.6 Å². The van der Waals surface area contributed by atoms with Gasteiger partial charge in [-0.2, -0.15) is 15.4 Å². The second-order valence-electron chi connectivity index (χ2n) is 4.92. The fourth-order valence-electron chi connectivity index (χ4n) is 2.32. The van der Waals surface area contributed by atoms with Crippen LogP contribution in [0.5, 0.6) is 0 Å². The van der Waals surface area contributed by atoms with Crippen molar-refractivity contribution in [3.05, 3.63) is 29.5 Å². The van der Waals surface area contributed by atoms with Gasteiger partial charge in [-0.15, -0.1) is 0 Å². The van der Waals surface area contributed by atoms with Gasteiger partial charge in [-0.3, -0.25) is 0 Å². The average Bonchev–Trinajstić information content (AvgIpc) is 3.11. The Morgan fingerprint density at radius 3 is 3.15 bits per heavy atom. The number of nitrogens with zero attached hydrogens (tertiary/aromatic N) is 4. The maximum atomic E-state index is 5.42. The van der Waals surface area contributed by atoms with Gasteiger partial charge in [0.15, 0.2) is 0 Å². The van der Waals surface area contributed by atoms with E-state index in [-0.39, 0.29) is 0 Å². The summed E-state index contributed by atoms with van der Waals surface area (Å²) in [6, 6.07) is 2.02. The van der Waals surface area contributed by atoms with Crippen LogP contribution in [-0.2, 0) is 11.2 Å². The molecule has 3 heterocycles. The summed E-state index contributed by atoms with van der Waals surface area (Å²) < 4.78 is 5.42. The molecular formula is C13H18N6O. The summed E-state index contributed by atoms with van der Waals surface area (Å²) in [6.45, 7) is 4.27. The number of hydrogen-bond donors (Lipinski definition) is 2. The molecule has 20 heavy (non-hydrogen) atoms. The molecule has 3 rings (SSSR count). The quantitative estimate of drug-likeness (QED) is 0.847. The molecule has 1 fully saturated rings. The van der Waals surface area contributed by atoms with Crippen molar-refractivity contribution in [2.45, 2.75) is 25.7 Å². The Balaban J connectivity index is 1.63. The maximum Gasteiger partial charge on any atom is 0.129 e. The molecule has 0 spiro atoms. The molecule has 2 N–H and O–H groups in total. The zero-order chi connectivity index (χ0) is 13.8. The number of ether oxygens (including phenoxy) is 1. The number of H-pyrrole nitrogens is 1. The first-order valence-corrected chi connectivity index (χ1v) is 6.83. The minimum Gasteiger partial charge on any atom is -0.381 e. The van der Waals surface area contributed by atoms with E-state index in [0.29, 0.717) is 5.92 Å². The van der Waals surface area contributed by atoms with E-state index in [0.717, 1.165) is 55.6 Å². The van der Waals surface area contributed by atoms with Crippen LogP contribution >= 0.6 is 0 Å². The van der Waals surface area contributed by atoms with E-state index in [4.69, 9.17) is 4.74 Å². The Labute approximate surface area is 117 Å². The van der Waals surface area contributed by atoms with Gasteiger partial charge in [0.1, 0.15) is 11.6 Å². The number of aromatic nitrogens is 5. The number of aryl methyl sites for hydroxylation is 1. The number of hydrogen-bond acceptors (Lipinski definition) is 6. The first-order valence-electron chi connectivity index (χ1n) is 6.83. The van der Waals surface area contributed by atoms with Crippen molar-refractivity contribution in [1.82, 2.24) is 25.4 Å². The highest BCUT2D eigenvalue weighted by Crippen LogP contribution is 2.24. The third kappa shape index (κ3) is 3.11. The monoisotopic (exact) mass is 274 g/mol. The smallest absolute Gasteiger partial charge is 0.129 e. The van der Waals surface area contributed by atoms with Crippen molar-refractivity contribution in [1.29, 1.82) is 0 Å². The molecule has 1 saturated heterocycles. The van der Waals surface area contributed by atoms with E-state index in [9.17, 15) is 0 Å². The van der Waals surface area contributed by atoms with Crippen molar-refractivity contribution in [3.63, 3.8) is 0 Å². The highest BCUT2D eigenvalue weighted by Gasteiger charge is 2.20. The fraction of sp³-hybridized carbons (Fsp3) is 0.538. The van der Waals surface area contributed by atoms with Crippen LogP contribution in [0.25, 0.3) is 0 Å². The minimum absolute atomic E-state index is 0.396. The van der Waals surface area contributed by atoms with Crippen LogP contribution in [0.2, 0.25) is 0 Å². The third-order valence-electron chi connectivity index (χ3n) is 3.36. The van der Waals surface area contributed by atoms with Gasteiger partial charge in [-0.05, 0) is 13.3 Å². The molecule has 0 aromatic carbocycles. The van der Waals surface area contributed by atoms with Gasteiger partial charge in [0.25, 0.3) is 0 Å². The van der Waals surface area contributed by atoms with Gasteiger partial charge in [0, 0.05) is 31.6 Å². The summed E-state index contributed by atoms with van der Waals surface area (Å²) in [7, 11) is 0. The summed E-state index contributed by atoms with van der Waals surface area (Å²) in [5.74, 6) is 2.05. The van der Waals surface area contributed by atoms with Crippen LogP contribution in [0.15, 0.2) is 12.3 Å². The van der Waals surface area contributed by atoms with E-state index in [2.05, 4.69) is 30.7 Å². The molecule has 0 amide bonds. The second kappa shape index (κ2) is 5.96. The summed E-state index contributed by atoms with van der Waals surface area (Å²) in [5.41, 5.74) is 2.01. The Morgan fingerprint density at radius 2 is 2.40 bits per heavy atom. The molecule has 7 heteroatoms. The van der Waals surface area contributed by atoms with Gasteiger partial charge in [0.05, 0.1) is 24.2 Å². The molecule has 106 valence electrons. The molecule has 0 aliphatic carbocycles. The molecule has 2 aromatic rings. The molecule has 1 unspecified atom stereocenters. The first kappa shape index (κ1) is 13.0. The molecular weight excluding hydrogens is 256 g/mol. The number of aromatic amines is 1.